The first-order chi connectivity index (χ1) is 8.23. The van der Waals surface area contributed by atoms with E-state index in [-0.39, 0.29) is 25.2 Å². The van der Waals surface area contributed by atoms with Crippen LogP contribution in [-0.2, 0) is 19.7 Å². The summed E-state index contributed by atoms with van der Waals surface area (Å²) in [4.78, 5) is 10.5. The van der Waals surface area contributed by atoms with Crippen LogP contribution in [0.3, 0.4) is 0 Å². The Kier molecular flexibility index (Phi) is 5.09. The Balaban J connectivity index is 2.69. The molecule has 2 atom stereocenters. The van der Waals surface area contributed by atoms with Gasteiger partial charge in [-0.3, -0.25) is 4.79 Å². The van der Waals surface area contributed by atoms with Crippen LogP contribution < -0.4 is 0 Å². The average Bonchev–Trinajstić information content (AvgIpc) is 2.24. The summed E-state index contributed by atoms with van der Waals surface area (Å²) in [5.41, 5.74) is 0. The second-order valence-corrected chi connectivity index (χ2v) is 6.58. The highest BCUT2D eigenvalue weighted by atomic mass is 32.2. The highest BCUT2D eigenvalue weighted by Gasteiger charge is 2.33. The molecule has 1 saturated heterocycles. The molecule has 1 aliphatic heterocycles. The van der Waals surface area contributed by atoms with E-state index in [0.29, 0.717) is 13.1 Å². The molecule has 8 heteroatoms. The molecule has 1 rings (SSSR count). The first kappa shape index (κ1) is 15.4. The Labute approximate surface area is 108 Å². The van der Waals surface area contributed by atoms with Crippen molar-refractivity contribution in [2.24, 2.45) is 0 Å². The van der Waals surface area contributed by atoms with Crippen LogP contribution in [0.15, 0.2) is 0 Å². The van der Waals surface area contributed by atoms with Crippen LogP contribution in [0.1, 0.15) is 20.3 Å². The molecule has 0 aliphatic carbocycles. The minimum absolute atomic E-state index is 0.0300. The number of hydrogen-bond donors (Lipinski definition) is 1. The Bertz CT molecular complexity index is 387. The lowest BCUT2D eigenvalue weighted by Crippen LogP contribution is -2.52. The number of carbonyl (C=O) groups is 1. The lowest BCUT2D eigenvalue weighted by molar-refractivity contribution is -0.137. The number of carboxylic acids is 1. The number of carboxylic acid groups (broad SMARTS) is 1. The lowest BCUT2D eigenvalue weighted by Gasteiger charge is -2.36. The van der Waals surface area contributed by atoms with Crippen molar-refractivity contribution in [3.8, 4) is 0 Å². The fourth-order valence-electron chi connectivity index (χ4n) is 1.88. The smallest absolute Gasteiger partial charge is 0.304 e. The highest BCUT2D eigenvalue weighted by Crippen LogP contribution is 2.16. The number of morpholine rings is 1. The van der Waals surface area contributed by atoms with E-state index in [0.717, 1.165) is 4.31 Å². The van der Waals surface area contributed by atoms with Crippen molar-refractivity contribution in [1.82, 2.24) is 8.61 Å². The first-order valence-electron chi connectivity index (χ1n) is 5.82. The predicted molar refractivity (Wildman–Crippen MR) is 65.4 cm³/mol. The van der Waals surface area contributed by atoms with Crippen LogP contribution in [0.5, 0.6) is 0 Å². The Morgan fingerprint density at radius 2 is 1.89 bits per heavy atom. The van der Waals surface area contributed by atoms with E-state index in [1.165, 1.54) is 11.4 Å². The Morgan fingerprint density at radius 3 is 2.33 bits per heavy atom. The third kappa shape index (κ3) is 3.91. The molecule has 7 nitrogen and oxygen atoms in total. The van der Waals surface area contributed by atoms with E-state index in [1.807, 2.05) is 13.8 Å². The Hall–Kier alpha value is -0.700. The molecule has 106 valence electrons. The second kappa shape index (κ2) is 5.96. The molecule has 18 heavy (non-hydrogen) atoms. The Morgan fingerprint density at radius 1 is 1.39 bits per heavy atom. The summed E-state index contributed by atoms with van der Waals surface area (Å²) >= 11 is 0. The summed E-state index contributed by atoms with van der Waals surface area (Å²) in [5.74, 6) is -1.01. The topological polar surface area (TPSA) is 87.2 Å². The van der Waals surface area contributed by atoms with Crippen molar-refractivity contribution in [1.29, 1.82) is 0 Å². The largest absolute Gasteiger partial charge is 0.481 e. The molecule has 0 aromatic carbocycles. The SMILES string of the molecule is CC1CN(S(=O)(=O)N(C)CCC(=O)O)CC(C)O1. The molecule has 0 bridgehead atoms. The van der Waals surface area contributed by atoms with Gasteiger partial charge in [-0.2, -0.15) is 17.0 Å². The lowest BCUT2D eigenvalue weighted by atomic mass is 10.3. The van der Waals surface area contributed by atoms with Gasteiger partial charge in [0.25, 0.3) is 10.2 Å². The van der Waals surface area contributed by atoms with E-state index < -0.39 is 16.2 Å². The molecule has 0 radical (unpaired) electrons. The zero-order valence-corrected chi connectivity index (χ0v) is 11.7. The molecule has 2 unspecified atom stereocenters. The van der Waals surface area contributed by atoms with E-state index in [9.17, 15) is 13.2 Å². The van der Waals surface area contributed by atoms with Crippen molar-refractivity contribution >= 4 is 16.2 Å². The average molecular weight is 280 g/mol. The van der Waals surface area contributed by atoms with Crippen molar-refractivity contribution in [3.63, 3.8) is 0 Å². The minimum atomic E-state index is -3.60. The van der Waals surface area contributed by atoms with Crippen LogP contribution in [-0.4, -0.2) is 67.0 Å². The van der Waals surface area contributed by atoms with Crippen molar-refractivity contribution < 1.29 is 23.1 Å². The fraction of sp³-hybridized carbons (Fsp3) is 0.900. The molecule has 1 heterocycles. The molecule has 0 aromatic rings. The van der Waals surface area contributed by atoms with Crippen LogP contribution in [0.2, 0.25) is 0 Å². The zero-order chi connectivity index (χ0) is 13.9. The van der Waals surface area contributed by atoms with Crippen molar-refractivity contribution in [2.75, 3.05) is 26.7 Å². The van der Waals surface area contributed by atoms with Crippen LogP contribution >= 0.6 is 0 Å². The highest BCUT2D eigenvalue weighted by molar-refractivity contribution is 7.86. The van der Waals surface area contributed by atoms with Crippen LogP contribution in [0.4, 0.5) is 0 Å². The van der Waals surface area contributed by atoms with Gasteiger partial charge in [0.1, 0.15) is 0 Å². The van der Waals surface area contributed by atoms with E-state index in [2.05, 4.69) is 0 Å². The van der Waals surface area contributed by atoms with E-state index >= 15 is 0 Å². The number of nitrogens with zero attached hydrogens (tertiary/aromatic N) is 2. The van der Waals surface area contributed by atoms with E-state index in [4.69, 9.17) is 9.84 Å². The maximum absolute atomic E-state index is 12.2. The normalized spacial score (nSPS) is 26.4. The van der Waals surface area contributed by atoms with Gasteiger partial charge in [-0.05, 0) is 13.8 Å². The van der Waals surface area contributed by atoms with Gasteiger partial charge in [-0.15, -0.1) is 0 Å². The van der Waals surface area contributed by atoms with Crippen LogP contribution in [0.25, 0.3) is 0 Å². The summed E-state index contributed by atoms with van der Waals surface area (Å²) < 4.78 is 32.3. The van der Waals surface area contributed by atoms with Gasteiger partial charge in [0.05, 0.1) is 18.6 Å². The standard InChI is InChI=1S/C10H20N2O5S/c1-8-6-12(7-9(2)17-8)18(15,16)11(3)5-4-10(13)14/h8-9H,4-7H2,1-3H3,(H,13,14). The molecular formula is C10H20N2O5S. The molecule has 0 saturated carbocycles. The molecule has 1 N–H and O–H groups in total. The minimum Gasteiger partial charge on any atom is -0.481 e. The number of hydrogen-bond acceptors (Lipinski definition) is 4. The second-order valence-electron chi connectivity index (χ2n) is 4.55. The maximum Gasteiger partial charge on any atom is 0.304 e. The molecular weight excluding hydrogens is 260 g/mol. The molecule has 0 aromatic heterocycles. The predicted octanol–water partition coefficient (Wildman–Crippen LogP) is -0.253. The number of rotatable bonds is 5. The van der Waals surface area contributed by atoms with Crippen LogP contribution in [0, 0.1) is 0 Å². The van der Waals surface area contributed by atoms with Gasteiger partial charge in [0, 0.05) is 26.7 Å². The fourth-order valence-corrected chi connectivity index (χ4v) is 3.40. The third-order valence-corrected chi connectivity index (χ3v) is 4.67. The molecule has 1 aliphatic rings. The van der Waals surface area contributed by atoms with Crippen molar-refractivity contribution in [3.05, 3.63) is 0 Å². The van der Waals surface area contributed by atoms with Crippen molar-refractivity contribution in [2.45, 2.75) is 32.5 Å². The van der Waals surface area contributed by atoms with Gasteiger partial charge in [-0.25, -0.2) is 0 Å². The number of aliphatic carboxylic acids is 1. The summed E-state index contributed by atoms with van der Waals surface area (Å²) in [6, 6.07) is 0. The zero-order valence-electron chi connectivity index (χ0n) is 10.9. The van der Waals surface area contributed by atoms with Gasteiger partial charge < -0.3 is 9.84 Å². The molecule has 1 fully saturated rings. The first-order valence-corrected chi connectivity index (χ1v) is 7.22. The van der Waals surface area contributed by atoms with Gasteiger partial charge in [0.15, 0.2) is 0 Å². The monoisotopic (exact) mass is 280 g/mol. The summed E-state index contributed by atoms with van der Waals surface area (Å²) in [7, 11) is -2.21. The van der Waals surface area contributed by atoms with Gasteiger partial charge in [0.2, 0.25) is 0 Å². The maximum atomic E-state index is 12.2. The molecule has 0 amide bonds. The van der Waals surface area contributed by atoms with Gasteiger partial charge in [-0.1, -0.05) is 0 Å². The third-order valence-electron chi connectivity index (χ3n) is 2.75. The number of ether oxygens (including phenoxy) is 1. The summed E-state index contributed by atoms with van der Waals surface area (Å²) in [5, 5.41) is 8.57. The van der Waals surface area contributed by atoms with E-state index in [1.54, 1.807) is 0 Å². The molecule has 0 spiro atoms. The summed E-state index contributed by atoms with van der Waals surface area (Å²) in [6.45, 7) is 4.19. The quantitative estimate of drug-likeness (QED) is 0.750. The van der Waals surface area contributed by atoms with Gasteiger partial charge >= 0.3 is 5.97 Å². The summed E-state index contributed by atoms with van der Waals surface area (Å²) in [6.07, 6.45) is -0.515.